The van der Waals surface area contributed by atoms with Gasteiger partial charge in [-0.1, -0.05) is 27.7 Å². The molecular weight excluding hydrogens is 402 g/mol. The number of rotatable bonds is 6. The molecule has 2 aliphatic heterocycles. The van der Waals surface area contributed by atoms with Crippen molar-refractivity contribution in [2.24, 2.45) is 23.9 Å². The van der Waals surface area contributed by atoms with Crippen molar-refractivity contribution in [2.75, 3.05) is 52.9 Å². The second-order valence-corrected chi connectivity index (χ2v) is 9.61. The van der Waals surface area contributed by atoms with Crippen LogP contribution in [0.15, 0.2) is 4.99 Å². The minimum absolute atomic E-state index is 0.287. The standard InChI is InChI=1S/C24H43N7O/c1-7-21-20(22(8-2)28(6)27-21)14-26-24(25-5)30-11-9-29(10-12-30)17-23(32)31-15-18(3)13-19(4)16-31/h18-19H,7-17H2,1-6H3,(H,25,26). The van der Waals surface area contributed by atoms with Gasteiger partial charge < -0.3 is 15.1 Å². The number of carbonyl (C=O) groups is 1. The van der Waals surface area contributed by atoms with Crippen molar-refractivity contribution >= 4 is 11.9 Å². The highest BCUT2D eigenvalue weighted by molar-refractivity contribution is 5.80. The number of hydrogen-bond donors (Lipinski definition) is 1. The topological polar surface area (TPSA) is 69.0 Å². The van der Waals surface area contributed by atoms with Crippen LogP contribution in [-0.2, 0) is 31.2 Å². The fourth-order valence-corrected chi connectivity index (χ4v) is 5.37. The van der Waals surface area contributed by atoms with E-state index in [1.54, 1.807) is 0 Å². The van der Waals surface area contributed by atoms with Crippen LogP contribution in [0, 0.1) is 11.8 Å². The van der Waals surface area contributed by atoms with Crippen molar-refractivity contribution in [1.29, 1.82) is 0 Å². The highest BCUT2D eigenvalue weighted by atomic mass is 16.2. The average molecular weight is 446 g/mol. The lowest BCUT2D eigenvalue weighted by Gasteiger charge is -2.39. The monoisotopic (exact) mass is 445 g/mol. The molecule has 180 valence electrons. The number of hydrogen-bond acceptors (Lipinski definition) is 4. The highest BCUT2D eigenvalue weighted by Crippen LogP contribution is 2.21. The SMILES string of the molecule is CCc1nn(C)c(CC)c1CNC(=NC)N1CCN(CC(=O)N2CC(C)CC(C)C2)CC1. The van der Waals surface area contributed by atoms with E-state index in [1.165, 1.54) is 17.7 Å². The van der Waals surface area contributed by atoms with Crippen LogP contribution in [0.2, 0.25) is 0 Å². The van der Waals surface area contributed by atoms with Crippen LogP contribution >= 0.6 is 0 Å². The summed E-state index contributed by atoms with van der Waals surface area (Å²) in [6, 6.07) is 0. The number of guanidine groups is 1. The number of aryl methyl sites for hydroxylation is 2. The van der Waals surface area contributed by atoms with E-state index in [4.69, 9.17) is 0 Å². The third-order valence-corrected chi connectivity index (χ3v) is 6.92. The molecule has 2 unspecified atom stereocenters. The van der Waals surface area contributed by atoms with Crippen molar-refractivity contribution in [3.8, 4) is 0 Å². The number of aliphatic imine (C=N–C) groups is 1. The summed E-state index contributed by atoms with van der Waals surface area (Å²) in [5, 5.41) is 8.25. The third kappa shape index (κ3) is 5.82. The Bertz CT molecular complexity index is 785. The van der Waals surface area contributed by atoms with Crippen molar-refractivity contribution < 1.29 is 4.79 Å². The molecule has 2 atom stereocenters. The molecular formula is C24H43N7O. The molecule has 1 aromatic heterocycles. The number of likely N-dealkylation sites (tertiary alicyclic amines) is 1. The zero-order valence-electron chi connectivity index (χ0n) is 21.0. The Morgan fingerprint density at radius 3 is 2.28 bits per heavy atom. The van der Waals surface area contributed by atoms with E-state index in [0.717, 1.165) is 70.3 Å². The van der Waals surface area contributed by atoms with Gasteiger partial charge in [0.2, 0.25) is 5.91 Å². The fraction of sp³-hybridized carbons (Fsp3) is 0.792. The molecule has 8 heteroatoms. The van der Waals surface area contributed by atoms with Crippen LogP contribution in [0.5, 0.6) is 0 Å². The summed E-state index contributed by atoms with van der Waals surface area (Å²) in [7, 11) is 3.88. The third-order valence-electron chi connectivity index (χ3n) is 6.92. The second kappa shape index (κ2) is 11.2. The van der Waals surface area contributed by atoms with E-state index in [1.807, 2.05) is 18.8 Å². The van der Waals surface area contributed by atoms with Gasteiger partial charge in [-0.3, -0.25) is 19.4 Å². The van der Waals surface area contributed by atoms with E-state index in [-0.39, 0.29) is 5.91 Å². The summed E-state index contributed by atoms with van der Waals surface area (Å²) in [5.74, 6) is 2.43. The van der Waals surface area contributed by atoms with Gasteiger partial charge in [-0.25, -0.2) is 0 Å². The van der Waals surface area contributed by atoms with E-state index in [2.05, 4.69) is 57.8 Å². The summed E-state index contributed by atoms with van der Waals surface area (Å²) in [5.41, 5.74) is 3.75. The largest absolute Gasteiger partial charge is 0.352 e. The Morgan fingerprint density at radius 1 is 1.06 bits per heavy atom. The molecule has 3 rings (SSSR count). The number of nitrogens with one attached hydrogen (secondary N) is 1. The predicted molar refractivity (Wildman–Crippen MR) is 130 cm³/mol. The fourth-order valence-electron chi connectivity index (χ4n) is 5.37. The molecule has 0 spiro atoms. The van der Waals surface area contributed by atoms with Gasteiger partial charge in [0.15, 0.2) is 5.96 Å². The minimum Gasteiger partial charge on any atom is -0.352 e. The van der Waals surface area contributed by atoms with Gasteiger partial charge in [0.05, 0.1) is 12.2 Å². The normalized spacial score (nSPS) is 23.0. The van der Waals surface area contributed by atoms with Crippen molar-refractivity contribution in [1.82, 2.24) is 29.8 Å². The van der Waals surface area contributed by atoms with Crippen molar-refractivity contribution in [3.05, 3.63) is 17.0 Å². The molecule has 1 aromatic rings. The van der Waals surface area contributed by atoms with Crippen LogP contribution in [0.25, 0.3) is 0 Å². The summed E-state index contributed by atoms with van der Waals surface area (Å²) in [6.45, 7) is 15.5. The van der Waals surface area contributed by atoms with Crippen LogP contribution in [0.3, 0.4) is 0 Å². The van der Waals surface area contributed by atoms with Crippen LogP contribution in [0.1, 0.15) is 51.1 Å². The summed E-state index contributed by atoms with van der Waals surface area (Å²) in [6.07, 6.45) is 3.14. The average Bonchev–Trinajstić information content (AvgIpc) is 3.08. The van der Waals surface area contributed by atoms with Crippen LogP contribution in [-0.4, -0.2) is 89.2 Å². The molecule has 0 aromatic carbocycles. The molecule has 0 aliphatic carbocycles. The van der Waals surface area contributed by atoms with Gasteiger partial charge in [0.25, 0.3) is 0 Å². The maximum absolute atomic E-state index is 12.8. The minimum atomic E-state index is 0.287. The highest BCUT2D eigenvalue weighted by Gasteiger charge is 2.28. The maximum Gasteiger partial charge on any atom is 0.236 e. The molecule has 2 saturated heterocycles. The van der Waals surface area contributed by atoms with Crippen LogP contribution in [0.4, 0.5) is 0 Å². The first-order valence-corrected chi connectivity index (χ1v) is 12.3. The summed E-state index contributed by atoms with van der Waals surface area (Å²) < 4.78 is 2.01. The zero-order valence-corrected chi connectivity index (χ0v) is 21.0. The lowest BCUT2D eigenvalue weighted by Crippen LogP contribution is -2.55. The molecule has 0 radical (unpaired) electrons. The Hall–Kier alpha value is -2.09. The predicted octanol–water partition coefficient (Wildman–Crippen LogP) is 1.74. The molecule has 2 fully saturated rings. The van der Waals surface area contributed by atoms with Gasteiger partial charge in [0.1, 0.15) is 0 Å². The van der Waals surface area contributed by atoms with Crippen molar-refractivity contribution in [2.45, 2.75) is 53.5 Å². The first kappa shape index (κ1) is 24.6. The molecule has 3 heterocycles. The van der Waals surface area contributed by atoms with Gasteiger partial charge >= 0.3 is 0 Å². The zero-order chi connectivity index (χ0) is 23.3. The molecule has 1 N–H and O–H groups in total. The van der Waals surface area contributed by atoms with Gasteiger partial charge in [-0.05, 0) is 31.1 Å². The lowest BCUT2D eigenvalue weighted by atomic mass is 9.92. The van der Waals surface area contributed by atoms with E-state index in [9.17, 15) is 4.79 Å². The number of piperidine rings is 1. The van der Waals surface area contributed by atoms with Crippen molar-refractivity contribution in [3.63, 3.8) is 0 Å². The number of nitrogens with zero attached hydrogens (tertiary/aromatic N) is 6. The smallest absolute Gasteiger partial charge is 0.236 e. The Balaban J connectivity index is 1.50. The molecule has 32 heavy (non-hydrogen) atoms. The molecule has 8 nitrogen and oxygen atoms in total. The van der Waals surface area contributed by atoms with Gasteiger partial charge in [-0.15, -0.1) is 0 Å². The lowest BCUT2D eigenvalue weighted by molar-refractivity contribution is -0.135. The van der Waals surface area contributed by atoms with Gasteiger partial charge in [0, 0.05) is 71.2 Å². The molecule has 1 amide bonds. The second-order valence-electron chi connectivity index (χ2n) is 9.61. The quantitative estimate of drug-likeness (QED) is 0.534. The van der Waals surface area contributed by atoms with E-state index < -0.39 is 0 Å². The Morgan fingerprint density at radius 2 is 1.72 bits per heavy atom. The van der Waals surface area contributed by atoms with Crippen LogP contribution < -0.4 is 5.32 Å². The molecule has 2 aliphatic rings. The Kier molecular flexibility index (Phi) is 8.57. The molecule has 0 saturated carbocycles. The summed E-state index contributed by atoms with van der Waals surface area (Å²) >= 11 is 0. The Labute approximate surface area is 194 Å². The number of carbonyl (C=O) groups excluding carboxylic acids is 1. The number of amides is 1. The molecule has 0 bridgehead atoms. The summed E-state index contributed by atoms with van der Waals surface area (Å²) in [4.78, 5) is 24.0. The number of piperazine rings is 1. The van der Waals surface area contributed by atoms with Gasteiger partial charge in [-0.2, -0.15) is 5.10 Å². The first-order chi connectivity index (χ1) is 15.4. The van der Waals surface area contributed by atoms with E-state index in [0.29, 0.717) is 18.4 Å². The number of aromatic nitrogens is 2. The first-order valence-electron chi connectivity index (χ1n) is 12.3. The van der Waals surface area contributed by atoms with E-state index >= 15 is 0 Å². The maximum atomic E-state index is 12.8.